The molecule has 0 atom stereocenters. The lowest BCUT2D eigenvalue weighted by Gasteiger charge is -2.06. The first-order valence-electron chi connectivity index (χ1n) is 4.83. The number of alkyl halides is 1. The summed E-state index contributed by atoms with van der Waals surface area (Å²) >= 11 is 15.0. The predicted molar refractivity (Wildman–Crippen MR) is 73.0 cm³/mol. The van der Waals surface area contributed by atoms with Crippen molar-refractivity contribution < 1.29 is 4.74 Å². The zero-order valence-corrected chi connectivity index (χ0v) is 11.8. The van der Waals surface area contributed by atoms with Crippen LogP contribution in [0.3, 0.4) is 0 Å². The minimum absolute atomic E-state index is 0.330. The molecule has 2 nitrogen and oxygen atoms in total. The average molecular weight is 333 g/mol. The van der Waals surface area contributed by atoms with Gasteiger partial charge in [0, 0.05) is 22.6 Å². The van der Waals surface area contributed by atoms with Gasteiger partial charge in [0.05, 0.1) is 5.02 Å². The van der Waals surface area contributed by atoms with Crippen LogP contribution in [0.2, 0.25) is 5.02 Å². The van der Waals surface area contributed by atoms with Gasteiger partial charge in [-0.3, -0.25) is 0 Å². The molecule has 0 spiro atoms. The fourth-order valence-electron chi connectivity index (χ4n) is 1.27. The van der Waals surface area contributed by atoms with Crippen LogP contribution in [0.4, 0.5) is 0 Å². The Morgan fingerprint density at radius 1 is 1.29 bits per heavy atom. The van der Waals surface area contributed by atoms with Crippen molar-refractivity contribution in [3.8, 4) is 11.6 Å². The summed E-state index contributed by atoms with van der Waals surface area (Å²) in [6.07, 6.45) is 1.53. The lowest BCUT2D eigenvalue weighted by atomic mass is 10.3. The molecule has 0 bridgehead atoms. The lowest BCUT2D eigenvalue weighted by molar-refractivity contribution is 0.462. The number of pyridine rings is 1. The molecular weight excluding hydrogens is 325 g/mol. The van der Waals surface area contributed by atoms with Crippen LogP contribution in [-0.4, -0.2) is 4.98 Å². The van der Waals surface area contributed by atoms with E-state index in [4.69, 9.17) is 27.9 Å². The number of hydrogen-bond donors (Lipinski definition) is 0. The van der Waals surface area contributed by atoms with Crippen molar-refractivity contribution >= 4 is 39.1 Å². The minimum atomic E-state index is 0.330. The Labute approximate surface area is 118 Å². The summed E-state index contributed by atoms with van der Waals surface area (Å²) in [5.74, 6) is 1.51. The quantitative estimate of drug-likeness (QED) is 0.735. The van der Waals surface area contributed by atoms with Gasteiger partial charge in [0.1, 0.15) is 5.75 Å². The van der Waals surface area contributed by atoms with Crippen molar-refractivity contribution in [2.24, 2.45) is 0 Å². The fraction of sp³-hybridized carbons (Fsp3) is 0.0833. The molecule has 0 N–H and O–H groups in total. The highest BCUT2D eigenvalue weighted by molar-refractivity contribution is 9.10. The maximum Gasteiger partial charge on any atom is 0.219 e. The second-order valence-corrected chi connectivity index (χ2v) is 4.90. The molecule has 2 rings (SSSR count). The Morgan fingerprint density at radius 2 is 2.12 bits per heavy atom. The van der Waals surface area contributed by atoms with Crippen molar-refractivity contribution in [1.82, 2.24) is 4.98 Å². The molecule has 0 saturated heterocycles. The highest BCUT2D eigenvalue weighted by Gasteiger charge is 2.04. The zero-order valence-electron chi connectivity index (χ0n) is 8.66. The molecule has 0 radical (unpaired) electrons. The van der Waals surface area contributed by atoms with E-state index in [0.717, 1.165) is 10.0 Å². The molecule has 0 unspecified atom stereocenters. The lowest BCUT2D eigenvalue weighted by Crippen LogP contribution is -1.90. The normalized spacial score (nSPS) is 10.3. The van der Waals surface area contributed by atoms with Gasteiger partial charge in [-0.05, 0) is 23.8 Å². The molecule has 5 heteroatoms. The molecule has 1 aromatic heterocycles. The minimum Gasteiger partial charge on any atom is -0.439 e. The van der Waals surface area contributed by atoms with Gasteiger partial charge in [0.25, 0.3) is 0 Å². The van der Waals surface area contributed by atoms with Crippen LogP contribution in [0.15, 0.2) is 41.0 Å². The first kappa shape index (κ1) is 12.7. The average Bonchev–Trinajstić information content (AvgIpc) is 2.32. The van der Waals surface area contributed by atoms with E-state index >= 15 is 0 Å². The first-order valence-corrected chi connectivity index (χ1v) is 6.53. The van der Waals surface area contributed by atoms with Crippen molar-refractivity contribution in [3.63, 3.8) is 0 Å². The Hall–Kier alpha value is -0.770. The topological polar surface area (TPSA) is 22.1 Å². The van der Waals surface area contributed by atoms with E-state index in [9.17, 15) is 0 Å². The van der Waals surface area contributed by atoms with Crippen LogP contribution in [0.1, 0.15) is 5.56 Å². The number of nitrogens with zero attached hydrogens (tertiary/aromatic N) is 1. The molecular formula is C12H8BrCl2NO. The maximum atomic E-state index is 5.91. The predicted octanol–water partition coefficient (Wildman–Crippen LogP) is 5.03. The molecule has 0 aliphatic carbocycles. The molecule has 0 aliphatic rings. The third-order valence-corrected chi connectivity index (χ3v) is 3.19. The molecule has 2 aromatic rings. The standard InChI is InChI=1S/C12H8BrCl2NO/c13-9-2-1-3-10(5-9)17-12-4-8(6-14)11(15)7-16-12/h1-5,7H,6H2. The van der Waals surface area contributed by atoms with Gasteiger partial charge in [-0.25, -0.2) is 4.98 Å². The number of rotatable bonds is 3. The molecule has 0 aliphatic heterocycles. The molecule has 17 heavy (non-hydrogen) atoms. The molecule has 1 aromatic carbocycles. The molecule has 88 valence electrons. The van der Waals surface area contributed by atoms with Crippen LogP contribution < -0.4 is 4.74 Å². The van der Waals surface area contributed by atoms with Crippen molar-refractivity contribution in [1.29, 1.82) is 0 Å². The Balaban J connectivity index is 2.24. The SMILES string of the molecule is ClCc1cc(Oc2cccc(Br)c2)ncc1Cl. The number of ether oxygens (including phenoxy) is 1. The van der Waals surface area contributed by atoms with E-state index in [1.807, 2.05) is 24.3 Å². The van der Waals surface area contributed by atoms with Crippen LogP contribution in [0.5, 0.6) is 11.6 Å². The van der Waals surface area contributed by atoms with Gasteiger partial charge < -0.3 is 4.74 Å². The highest BCUT2D eigenvalue weighted by Crippen LogP contribution is 2.26. The molecule has 0 saturated carbocycles. The van der Waals surface area contributed by atoms with Crippen molar-refractivity contribution in [3.05, 3.63) is 51.6 Å². The van der Waals surface area contributed by atoms with Gasteiger partial charge >= 0.3 is 0 Å². The largest absolute Gasteiger partial charge is 0.439 e. The van der Waals surface area contributed by atoms with E-state index in [1.165, 1.54) is 6.20 Å². The third-order valence-electron chi connectivity index (χ3n) is 2.07. The summed E-state index contributed by atoms with van der Waals surface area (Å²) in [5.41, 5.74) is 0.799. The summed E-state index contributed by atoms with van der Waals surface area (Å²) in [4.78, 5) is 4.08. The molecule has 0 fully saturated rings. The Bertz CT molecular complexity index is 534. The molecule has 0 amide bonds. The van der Waals surface area contributed by atoms with Crippen LogP contribution in [-0.2, 0) is 5.88 Å². The van der Waals surface area contributed by atoms with Crippen LogP contribution >= 0.6 is 39.1 Å². The van der Waals surface area contributed by atoms with E-state index in [2.05, 4.69) is 20.9 Å². The number of aromatic nitrogens is 1. The van der Waals surface area contributed by atoms with Gasteiger partial charge in [-0.2, -0.15) is 0 Å². The second kappa shape index (κ2) is 5.71. The van der Waals surface area contributed by atoms with Crippen molar-refractivity contribution in [2.45, 2.75) is 5.88 Å². The second-order valence-electron chi connectivity index (χ2n) is 3.31. The third kappa shape index (κ3) is 3.35. The summed E-state index contributed by atoms with van der Waals surface area (Å²) in [7, 11) is 0. The number of halogens is 3. The summed E-state index contributed by atoms with van der Waals surface area (Å²) in [6.45, 7) is 0. The highest BCUT2D eigenvalue weighted by atomic mass is 79.9. The summed E-state index contributed by atoms with van der Waals surface area (Å²) in [5, 5.41) is 0.543. The van der Waals surface area contributed by atoms with E-state index < -0.39 is 0 Å². The fourth-order valence-corrected chi connectivity index (χ4v) is 2.11. The van der Waals surface area contributed by atoms with Gasteiger partial charge in [-0.1, -0.05) is 33.6 Å². The van der Waals surface area contributed by atoms with Gasteiger partial charge in [0.2, 0.25) is 5.88 Å². The summed E-state index contributed by atoms with van der Waals surface area (Å²) in [6, 6.07) is 9.25. The van der Waals surface area contributed by atoms with Crippen molar-refractivity contribution in [2.75, 3.05) is 0 Å². The Morgan fingerprint density at radius 3 is 2.82 bits per heavy atom. The Kier molecular flexibility index (Phi) is 4.26. The first-order chi connectivity index (χ1) is 8.19. The van der Waals surface area contributed by atoms with E-state index in [0.29, 0.717) is 22.5 Å². The summed E-state index contributed by atoms with van der Waals surface area (Å²) < 4.78 is 6.54. The molecule has 1 heterocycles. The van der Waals surface area contributed by atoms with Gasteiger partial charge in [-0.15, -0.1) is 11.6 Å². The number of hydrogen-bond acceptors (Lipinski definition) is 2. The monoisotopic (exact) mass is 331 g/mol. The van der Waals surface area contributed by atoms with Crippen LogP contribution in [0, 0.1) is 0 Å². The zero-order chi connectivity index (χ0) is 12.3. The number of benzene rings is 1. The smallest absolute Gasteiger partial charge is 0.219 e. The maximum absolute atomic E-state index is 5.91. The van der Waals surface area contributed by atoms with E-state index in [1.54, 1.807) is 6.07 Å². The van der Waals surface area contributed by atoms with Gasteiger partial charge in [0.15, 0.2) is 0 Å². The van der Waals surface area contributed by atoms with E-state index in [-0.39, 0.29) is 0 Å². The van der Waals surface area contributed by atoms with Crippen LogP contribution in [0.25, 0.3) is 0 Å².